The zero-order valence-electron chi connectivity index (χ0n) is 14.5. The summed E-state index contributed by atoms with van der Waals surface area (Å²) in [6.45, 7) is 1.22. The van der Waals surface area contributed by atoms with Crippen molar-refractivity contribution in [1.82, 2.24) is 0 Å². The Hall–Kier alpha value is 2.23. The molecule has 29 heavy (non-hydrogen) atoms. The molecule has 2 rings (SSSR count). The third-order valence-electron chi connectivity index (χ3n) is 3.34. The first kappa shape index (κ1) is 27.5. The van der Waals surface area contributed by atoms with Crippen LogP contribution < -0.4 is 9.47 Å². The first-order valence-electron chi connectivity index (χ1n) is 8.15. The lowest BCUT2D eigenvalue weighted by Crippen LogP contribution is -2.02. The minimum Gasteiger partial charge on any atom is -0.491 e. The number of halogens is 8. The van der Waals surface area contributed by atoms with Crippen molar-refractivity contribution in [3.8, 4) is 11.5 Å². The van der Waals surface area contributed by atoms with Gasteiger partial charge in [-0.1, -0.05) is 75.5 Å². The molecule has 0 aliphatic rings. The molecule has 0 N–H and O–H groups in total. The monoisotopic (exact) mass is 925 g/mol. The van der Waals surface area contributed by atoms with Crippen LogP contribution in [0.25, 0.3) is 0 Å². The van der Waals surface area contributed by atoms with Crippen molar-refractivity contribution in [3.05, 3.63) is 42.2 Å². The molecule has 0 aliphatic heterocycles. The molecule has 0 saturated heterocycles. The van der Waals surface area contributed by atoms with Crippen LogP contribution in [0.1, 0.15) is 12.8 Å². The first-order valence-corrected chi connectivity index (χ1v) is 15.8. The molecule has 2 nitrogen and oxygen atoms in total. The maximum atomic E-state index is 5.89. The molecule has 0 atom stereocenters. The van der Waals surface area contributed by atoms with Crippen LogP contribution in [0.4, 0.5) is 0 Å². The summed E-state index contributed by atoms with van der Waals surface area (Å²) < 4.78 is 15.9. The second-order valence-corrected chi connectivity index (χ2v) is 17.0. The summed E-state index contributed by atoms with van der Waals surface area (Å²) in [4.78, 5) is 2.17. The van der Waals surface area contributed by atoms with Gasteiger partial charge in [-0.25, -0.2) is 0 Å². The maximum absolute atomic E-state index is 5.89. The van der Waals surface area contributed by atoms with Crippen LogP contribution in [0.15, 0.2) is 51.9 Å². The minimum absolute atomic E-state index is 0.242. The average Bonchev–Trinajstić information content (AvgIpc) is 2.59. The second kappa shape index (κ2) is 13.8. The van der Waals surface area contributed by atoms with Gasteiger partial charge in [0, 0.05) is 22.6 Å². The molecule has 0 saturated carbocycles. The Morgan fingerprint density at radius 3 is 1.21 bits per heavy atom. The predicted octanol–water partition coefficient (Wildman–Crippen LogP) is 10.7. The van der Waals surface area contributed by atoms with Crippen molar-refractivity contribution in [3.63, 3.8) is 0 Å². The third-order valence-corrected chi connectivity index (χ3v) is 8.47. The average molecular weight is 934 g/mol. The predicted molar refractivity (Wildman–Crippen MR) is 151 cm³/mol. The molecule has 0 bridgehead atoms. The molecule has 2 aromatic carbocycles. The Labute approximate surface area is 242 Å². The van der Waals surface area contributed by atoms with E-state index in [-0.39, 0.29) is 7.47 Å². The van der Waals surface area contributed by atoms with Gasteiger partial charge in [0.25, 0.3) is 0 Å². The van der Waals surface area contributed by atoms with Gasteiger partial charge in [-0.15, -0.1) is 0 Å². The van der Waals surface area contributed by atoms with Gasteiger partial charge >= 0.3 is 0 Å². The van der Waals surface area contributed by atoms with E-state index in [1.165, 1.54) is 0 Å². The van der Waals surface area contributed by atoms with E-state index in [1.54, 1.807) is 11.8 Å². The molecule has 0 heterocycles. The normalized spacial score (nSPS) is 11.4. The standard InChI is InChI=1S/C18H14Br8O2S/c19-11-5-9(6-12(20)17(11)27-3-1-15(23)24)29-10-7-13(21)18(14(22)8-10)28-4-2-16(25)26/h5-8,15-16H,1-4H2. The lowest BCUT2D eigenvalue weighted by Gasteiger charge is -2.14. The molecule has 160 valence electrons. The number of ether oxygens (including phenoxy) is 2. The molecule has 0 radical (unpaired) electrons. The molecular formula is C18H14Br8O2S. The topological polar surface area (TPSA) is 18.5 Å². The van der Waals surface area contributed by atoms with Gasteiger partial charge in [0.1, 0.15) is 11.5 Å². The summed E-state index contributed by atoms with van der Waals surface area (Å²) >= 11 is 30.0. The van der Waals surface area contributed by atoms with Gasteiger partial charge in [-0.3, -0.25) is 0 Å². The summed E-state index contributed by atoms with van der Waals surface area (Å²) in [5, 5.41) is 0. The maximum Gasteiger partial charge on any atom is 0.147 e. The fourth-order valence-corrected chi connectivity index (χ4v) is 7.27. The van der Waals surface area contributed by atoms with Crippen molar-refractivity contribution in [2.75, 3.05) is 13.2 Å². The summed E-state index contributed by atoms with van der Waals surface area (Å²) in [7, 11) is 0. The van der Waals surface area contributed by atoms with E-state index in [0.29, 0.717) is 13.2 Å². The van der Waals surface area contributed by atoms with Crippen molar-refractivity contribution in [1.29, 1.82) is 0 Å². The molecule has 0 fully saturated rings. The molecule has 0 amide bonds. The van der Waals surface area contributed by atoms with Gasteiger partial charge in [-0.2, -0.15) is 0 Å². The van der Waals surface area contributed by atoms with E-state index >= 15 is 0 Å². The van der Waals surface area contributed by atoms with E-state index in [0.717, 1.165) is 52.0 Å². The van der Waals surface area contributed by atoms with Crippen LogP contribution >= 0.6 is 139 Å². The lowest BCUT2D eigenvalue weighted by atomic mass is 10.3. The highest BCUT2D eigenvalue weighted by Crippen LogP contribution is 2.43. The van der Waals surface area contributed by atoms with E-state index < -0.39 is 0 Å². The number of benzene rings is 2. The molecule has 0 unspecified atom stereocenters. The quantitative estimate of drug-likeness (QED) is 0.221. The van der Waals surface area contributed by atoms with E-state index in [9.17, 15) is 0 Å². The van der Waals surface area contributed by atoms with E-state index in [2.05, 4.69) is 152 Å². The van der Waals surface area contributed by atoms with Gasteiger partial charge in [-0.05, 0) is 88.0 Å². The highest BCUT2D eigenvalue weighted by molar-refractivity contribution is 9.25. The van der Waals surface area contributed by atoms with E-state index in [1.807, 2.05) is 0 Å². The zero-order valence-corrected chi connectivity index (χ0v) is 28.0. The number of hydrogen-bond donors (Lipinski definition) is 0. The van der Waals surface area contributed by atoms with Crippen molar-refractivity contribution >= 4 is 139 Å². The SMILES string of the molecule is Brc1cc(Sc2cc(Br)c(OCCC(Br)Br)c(Br)c2)cc(Br)c1OCCC(Br)Br. The molecule has 0 aromatic heterocycles. The Morgan fingerprint density at radius 2 is 0.931 bits per heavy atom. The molecule has 2 aromatic rings. The third kappa shape index (κ3) is 9.55. The fourth-order valence-electron chi connectivity index (χ4n) is 2.10. The fraction of sp³-hybridized carbons (Fsp3) is 0.333. The van der Waals surface area contributed by atoms with E-state index in [4.69, 9.17) is 9.47 Å². The number of rotatable bonds is 10. The summed E-state index contributed by atoms with van der Waals surface area (Å²) in [5.41, 5.74) is 0. The molecule has 11 heteroatoms. The van der Waals surface area contributed by atoms with Gasteiger partial charge in [0.2, 0.25) is 0 Å². The number of alkyl halides is 4. The second-order valence-electron chi connectivity index (χ2n) is 5.59. The van der Waals surface area contributed by atoms with Gasteiger partial charge < -0.3 is 9.47 Å². The Morgan fingerprint density at radius 1 is 0.621 bits per heavy atom. The van der Waals surface area contributed by atoms with Crippen LogP contribution in [-0.2, 0) is 0 Å². The first-order chi connectivity index (χ1) is 13.7. The molecule has 0 spiro atoms. The summed E-state index contributed by atoms with van der Waals surface area (Å²) in [6.07, 6.45) is 1.72. The van der Waals surface area contributed by atoms with Crippen molar-refractivity contribution in [2.45, 2.75) is 30.1 Å². The minimum atomic E-state index is 0.242. The smallest absolute Gasteiger partial charge is 0.147 e. The Bertz CT molecular complexity index is 718. The van der Waals surface area contributed by atoms with Crippen LogP contribution in [0.2, 0.25) is 0 Å². The van der Waals surface area contributed by atoms with Crippen LogP contribution in [0, 0.1) is 0 Å². The highest BCUT2D eigenvalue weighted by Gasteiger charge is 2.14. The van der Waals surface area contributed by atoms with Gasteiger partial charge in [0.05, 0.1) is 38.6 Å². The van der Waals surface area contributed by atoms with Gasteiger partial charge in [0.15, 0.2) is 0 Å². The van der Waals surface area contributed by atoms with Crippen LogP contribution in [0.5, 0.6) is 11.5 Å². The summed E-state index contributed by atoms with van der Waals surface area (Å²) in [6, 6.07) is 8.23. The molecule has 0 aliphatic carbocycles. The Kier molecular flexibility index (Phi) is 13.1. The van der Waals surface area contributed by atoms with Crippen LogP contribution in [0.3, 0.4) is 0 Å². The summed E-state index contributed by atoms with van der Waals surface area (Å²) in [5.74, 6) is 1.61. The Balaban J connectivity index is 2.11. The zero-order chi connectivity index (χ0) is 21.6. The largest absolute Gasteiger partial charge is 0.491 e. The number of hydrogen-bond acceptors (Lipinski definition) is 3. The van der Waals surface area contributed by atoms with Crippen LogP contribution in [-0.4, -0.2) is 20.7 Å². The molecular weight excluding hydrogens is 919 g/mol. The van der Waals surface area contributed by atoms with Crippen molar-refractivity contribution < 1.29 is 9.47 Å². The van der Waals surface area contributed by atoms with Crippen molar-refractivity contribution in [2.24, 2.45) is 0 Å². The lowest BCUT2D eigenvalue weighted by molar-refractivity contribution is 0.313. The highest BCUT2D eigenvalue weighted by atomic mass is 79.9.